The van der Waals surface area contributed by atoms with Crippen LogP contribution in [0.25, 0.3) is 27.8 Å². The van der Waals surface area contributed by atoms with Gasteiger partial charge in [0.05, 0.1) is 18.1 Å². The smallest absolute Gasteiger partial charge is 0.119 e. The summed E-state index contributed by atoms with van der Waals surface area (Å²) in [6, 6.07) is 30.7. The van der Waals surface area contributed by atoms with Crippen LogP contribution < -0.4 is 4.74 Å². The second kappa shape index (κ2) is 7.81. The van der Waals surface area contributed by atoms with Crippen molar-refractivity contribution in [3.05, 3.63) is 130 Å². The number of fused-ring (bicyclic) bond motifs is 9. The summed E-state index contributed by atoms with van der Waals surface area (Å²) >= 11 is 0. The average molecular weight is 483 g/mol. The quantitative estimate of drug-likeness (QED) is 0.320. The zero-order valence-electron chi connectivity index (χ0n) is 21.5. The summed E-state index contributed by atoms with van der Waals surface area (Å²) in [5.74, 6) is 0.747. The summed E-state index contributed by atoms with van der Waals surface area (Å²) in [6.07, 6.45) is 6.88. The lowest BCUT2D eigenvalue weighted by Gasteiger charge is -2.32. The van der Waals surface area contributed by atoms with E-state index in [1.807, 2.05) is 26.0 Å². The van der Waals surface area contributed by atoms with Gasteiger partial charge in [0.2, 0.25) is 0 Å². The molecule has 0 aromatic heterocycles. The number of hydrogen-bond donors (Lipinski definition) is 1. The molecule has 4 aromatic carbocycles. The average Bonchev–Trinajstić information content (AvgIpc) is 3.40. The Bertz CT molecular complexity index is 1650. The molecule has 7 rings (SSSR count). The van der Waals surface area contributed by atoms with Crippen molar-refractivity contribution in [3.8, 4) is 28.0 Å². The van der Waals surface area contributed by atoms with Crippen LogP contribution in [0.4, 0.5) is 0 Å². The van der Waals surface area contributed by atoms with Crippen molar-refractivity contribution < 1.29 is 9.84 Å². The van der Waals surface area contributed by atoms with Gasteiger partial charge in [-0.25, -0.2) is 0 Å². The summed E-state index contributed by atoms with van der Waals surface area (Å²) in [5.41, 5.74) is 12.6. The number of allylic oxidation sites excluding steroid dienone is 4. The van der Waals surface area contributed by atoms with Crippen LogP contribution in [0.2, 0.25) is 0 Å². The Kier molecular flexibility index (Phi) is 4.71. The molecule has 182 valence electrons. The van der Waals surface area contributed by atoms with Crippen LogP contribution in [0.3, 0.4) is 0 Å². The van der Waals surface area contributed by atoms with Crippen LogP contribution in [0.15, 0.2) is 103 Å². The third-order valence-corrected chi connectivity index (χ3v) is 8.48. The molecule has 0 saturated heterocycles. The van der Waals surface area contributed by atoms with Crippen molar-refractivity contribution in [2.24, 2.45) is 0 Å². The summed E-state index contributed by atoms with van der Waals surface area (Å²) < 4.78 is 5.54. The number of ether oxygens (including phenoxy) is 1. The lowest BCUT2D eigenvalue weighted by atomic mass is 9.69. The van der Waals surface area contributed by atoms with Gasteiger partial charge in [0.1, 0.15) is 5.75 Å². The highest BCUT2D eigenvalue weighted by molar-refractivity contribution is 6.00. The topological polar surface area (TPSA) is 29.5 Å². The van der Waals surface area contributed by atoms with Crippen LogP contribution in [0.5, 0.6) is 5.75 Å². The van der Waals surface area contributed by atoms with Crippen LogP contribution in [-0.2, 0) is 11.0 Å². The molecule has 3 aliphatic carbocycles. The standard InChI is InChI=1S/C35H30O2/c1-34(2,36)32-21-22(37-3)19-20-25(32)26-14-10-18-31-33(26)27-13-6-9-17-30(27)35(31)28-15-7-4-11-23(28)24-12-5-8-16-29(24)35/h4,6-11,13-21,36H,5,12H2,1-3H3. The Morgan fingerprint density at radius 2 is 1.43 bits per heavy atom. The molecule has 0 amide bonds. The lowest BCUT2D eigenvalue weighted by molar-refractivity contribution is 0.0789. The highest BCUT2D eigenvalue weighted by Gasteiger charge is 2.52. The van der Waals surface area contributed by atoms with E-state index in [0.29, 0.717) is 0 Å². The molecule has 1 spiro atoms. The van der Waals surface area contributed by atoms with E-state index in [1.54, 1.807) is 7.11 Å². The van der Waals surface area contributed by atoms with Gasteiger partial charge in [-0.3, -0.25) is 0 Å². The van der Waals surface area contributed by atoms with Gasteiger partial charge in [-0.15, -0.1) is 0 Å². The molecule has 4 aromatic rings. The Hall–Kier alpha value is -3.88. The largest absolute Gasteiger partial charge is 0.497 e. The van der Waals surface area contributed by atoms with Crippen molar-refractivity contribution in [3.63, 3.8) is 0 Å². The van der Waals surface area contributed by atoms with Crippen LogP contribution in [0, 0.1) is 0 Å². The van der Waals surface area contributed by atoms with Crippen molar-refractivity contribution in [1.82, 2.24) is 0 Å². The SMILES string of the molecule is COc1ccc(-c2cccc3c2-c2ccccc2C32C3=C(CCC=C3)c3ccccc32)c(C(C)(C)O)c1. The molecular weight excluding hydrogens is 452 g/mol. The molecule has 2 nitrogen and oxygen atoms in total. The van der Waals surface area contributed by atoms with E-state index in [4.69, 9.17) is 4.74 Å². The zero-order valence-corrected chi connectivity index (χ0v) is 21.5. The molecule has 0 fully saturated rings. The highest BCUT2D eigenvalue weighted by atomic mass is 16.5. The van der Waals surface area contributed by atoms with Crippen molar-refractivity contribution in [2.75, 3.05) is 7.11 Å². The third-order valence-electron chi connectivity index (χ3n) is 8.48. The third kappa shape index (κ3) is 2.91. The minimum atomic E-state index is -1.02. The van der Waals surface area contributed by atoms with E-state index in [1.165, 1.54) is 44.5 Å². The Balaban J connectivity index is 1.61. The molecule has 37 heavy (non-hydrogen) atoms. The van der Waals surface area contributed by atoms with Gasteiger partial charge in [0, 0.05) is 0 Å². The minimum Gasteiger partial charge on any atom is -0.497 e. The van der Waals surface area contributed by atoms with Crippen molar-refractivity contribution in [2.45, 2.75) is 37.7 Å². The minimum absolute atomic E-state index is 0.327. The maximum Gasteiger partial charge on any atom is 0.119 e. The van der Waals surface area contributed by atoms with Crippen molar-refractivity contribution in [1.29, 1.82) is 0 Å². The monoisotopic (exact) mass is 482 g/mol. The first kappa shape index (κ1) is 22.3. The molecule has 0 aliphatic heterocycles. The lowest BCUT2D eigenvalue weighted by Crippen LogP contribution is -2.27. The maximum atomic E-state index is 11.2. The van der Waals surface area contributed by atoms with Gasteiger partial charge in [-0.1, -0.05) is 84.9 Å². The summed E-state index contributed by atoms with van der Waals surface area (Å²) in [6.45, 7) is 3.70. The predicted molar refractivity (Wildman–Crippen MR) is 151 cm³/mol. The first-order valence-corrected chi connectivity index (χ1v) is 13.1. The maximum absolute atomic E-state index is 11.2. The van der Waals surface area contributed by atoms with Gasteiger partial charge in [0.25, 0.3) is 0 Å². The van der Waals surface area contributed by atoms with Gasteiger partial charge in [-0.05, 0) is 100 Å². The first-order chi connectivity index (χ1) is 18.0. The molecule has 3 aliphatic rings. The molecule has 2 heteroatoms. The summed E-state index contributed by atoms with van der Waals surface area (Å²) in [7, 11) is 1.67. The van der Waals surface area contributed by atoms with Crippen LogP contribution in [-0.4, -0.2) is 12.2 Å². The van der Waals surface area contributed by atoms with E-state index in [0.717, 1.165) is 35.3 Å². The van der Waals surface area contributed by atoms with Gasteiger partial charge < -0.3 is 9.84 Å². The number of rotatable bonds is 3. The first-order valence-electron chi connectivity index (χ1n) is 13.1. The predicted octanol–water partition coefficient (Wildman–Crippen LogP) is 8.02. The summed E-state index contributed by atoms with van der Waals surface area (Å²) in [4.78, 5) is 0. The molecule has 1 unspecified atom stereocenters. The molecule has 0 saturated carbocycles. The van der Waals surface area contributed by atoms with E-state index in [9.17, 15) is 5.11 Å². The fraction of sp³-hybridized carbons (Fsp3) is 0.200. The molecule has 0 radical (unpaired) electrons. The molecule has 1 N–H and O–H groups in total. The second-order valence-corrected chi connectivity index (χ2v) is 10.9. The van der Waals surface area contributed by atoms with E-state index < -0.39 is 5.60 Å². The van der Waals surface area contributed by atoms with Gasteiger partial charge in [0.15, 0.2) is 0 Å². The number of benzene rings is 4. The van der Waals surface area contributed by atoms with E-state index in [-0.39, 0.29) is 5.41 Å². The number of hydrogen-bond acceptors (Lipinski definition) is 2. The van der Waals surface area contributed by atoms with Crippen LogP contribution in [0.1, 0.15) is 54.5 Å². The van der Waals surface area contributed by atoms with E-state index >= 15 is 0 Å². The summed E-state index contributed by atoms with van der Waals surface area (Å²) in [5, 5.41) is 11.2. The van der Waals surface area contributed by atoms with Crippen molar-refractivity contribution >= 4 is 5.57 Å². The molecule has 0 bridgehead atoms. The Morgan fingerprint density at radius 3 is 2.19 bits per heavy atom. The fourth-order valence-corrected chi connectivity index (χ4v) is 7.04. The van der Waals surface area contributed by atoms with Crippen LogP contribution >= 0.6 is 0 Å². The molecule has 0 heterocycles. The molecular formula is C35H30O2. The Labute approximate surface area is 218 Å². The van der Waals surface area contributed by atoms with E-state index in [2.05, 4.69) is 84.9 Å². The fourth-order valence-electron chi connectivity index (χ4n) is 7.04. The zero-order chi connectivity index (χ0) is 25.4. The van der Waals surface area contributed by atoms with Gasteiger partial charge in [-0.2, -0.15) is 0 Å². The second-order valence-electron chi connectivity index (χ2n) is 10.9. The number of methoxy groups -OCH3 is 1. The highest BCUT2D eigenvalue weighted by Crippen LogP contribution is 2.64. The Morgan fingerprint density at radius 1 is 0.757 bits per heavy atom. The van der Waals surface area contributed by atoms with Gasteiger partial charge >= 0.3 is 0 Å². The number of aliphatic hydroxyl groups is 1. The molecule has 1 atom stereocenters. The normalized spacial score (nSPS) is 19.0.